The fourth-order valence-corrected chi connectivity index (χ4v) is 3.17. The lowest BCUT2D eigenvalue weighted by molar-refractivity contribution is -0.0211. The van der Waals surface area contributed by atoms with Crippen LogP contribution in [0.2, 0.25) is 0 Å². The molecule has 1 aromatic rings. The Kier molecular flexibility index (Phi) is 3.45. The van der Waals surface area contributed by atoms with Gasteiger partial charge < -0.3 is 14.7 Å². The summed E-state index contributed by atoms with van der Waals surface area (Å²) in [6.45, 7) is 1.67. The van der Waals surface area contributed by atoms with Crippen LogP contribution < -0.4 is 0 Å². The Morgan fingerprint density at radius 2 is 1.95 bits per heavy atom. The van der Waals surface area contributed by atoms with Gasteiger partial charge in [-0.05, 0) is 18.4 Å². The first-order valence-corrected chi connectivity index (χ1v) is 7.07. The van der Waals surface area contributed by atoms with Gasteiger partial charge in [-0.1, -0.05) is 30.3 Å². The van der Waals surface area contributed by atoms with Crippen LogP contribution in [0.1, 0.15) is 18.4 Å². The van der Waals surface area contributed by atoms with Gasteiger partial charge in [0.05, 0.1) is 5.54 Å². The minimum atomic E-state index is -0.898. The Labute approximate surface area is 122 Å². The average molecular weight is 290 g/mol. The predicted molar refractivity (Wildman–Crippen MR) is 74.9 cm³/mol. The molecule has 1 aromatic carbocycles. The molecule has 0 aliphatic carbocycles. The zero-order chi connectivity index (χ0) is 14.9. The van der Waals surface area contributed by atoms with Crippen molar-refractivity contribution in [3.05, 3.63) is 35.9 Å². The van der Waals surface area contributed by atoms with Gasteiger partial charge >= 0.3 is 12.2 Å². The molecule has 1 spiro atoms. The third-order valence-electron chi connectivity index (χ3n) is 4.26. The minimum absolute atomic E-state index is 0.242. The van der Waals surface area contributed by atoms with E-state index in [9.17, 15) is 14.7 Å². The van der Waals surface area contributed by atoms with E-state index in [2.05, 4.69) is 0 Å². The van der Waals surface area contributed by atoms with Gasteiger partial charge in [0.25, 0.3) is 0 Å². The molecule has 0 radical (unpaired) electrons. The Bertz CT molecular complexity index is 540. The van der Waals surface area contributed by atoms with Gasteiger partial charge in [-0.2, -0.15) is 0 Å². The maximum atomic E-state index is 12.0. The topological polar surface area (TPSA) is 70.1 Å². The van der Waals surface area contributed by atoms with Crippen molar-refractivity contribution in [2.45, 2.75) is 25.0 Å². The van der Waals surface area contributed by atoms with E-state index in [1.165, 1.54) is 4.90 Å². The number of carbonyl (C=O) groups is 2. The monoisotopic (exact) mass is 290 g/mol. The second-order valence-electron chi connectivity index (χ2n) is 5.66. The maximum absolute atomic E-state index is 12.0. The molecule has 21 heavy (non-hydrogen) atoms. The van der Waals surface area contributed by atoms with E-state index in [0.717, 1.165) is 18.4 Å². The zero-order valence-corrected chi connectivity index (χ0v) is 11.7. The summed E-state index contributed by atoms with van der Waals surface area (Å²) >= 11 is 0. The summed E-state index contributed by atoms with van der Waals surface area (Å²) in [5, 5.41) is 9.18. The molecular weight excluding hydrogens is 272 g/mol. The molecule has 0 bridgehead atoms. The number of amides is 2. The van der Waals surface area contributed by atoms with Crippen molar-refractivity contribution < 1.29 is 19.4 Å². The van der Waals surface area contributed by atoms with Gasteiger partial charge in [0.15, 0.2) is 0 Å². The van der Waals surface area contributed by atoms with E-state index < -0.39 is 6.09 Å². The lowest BCUT2D eigenvalue weighted by atomic mass is 9.87. The minimum Gasteiger partial charge on any atom is -0.465 e. The average Bonchev–Trinajstić information content (AvgIpc) is 2.89. The van der Waals surface area contributed by atoms with Crippen molar-refractivity contribution in [2.75, 3.05) is 19.6 Å². The molecule has 1 N–H and O–H groups in total. The van der Waals surface area contributed by atoms with E-state index >= 15 is 0 Å². The number of carboxylic acid groups (broad SMARTS) is 1. The summed E-state index contributed by atoms with van der Waals surface area (Å²) in [4.78, 5) is 26.2. The number of hydrogen-bond acceptors (Lipinski definition) is 3. The van der Waals surface area contributed by atoms with Crippen LogP contribution in [0.5, 0.6) is 0 Å². The molecule has 6 heteroatoms. The summed E-state index contributed by atoms with van der Waals surface area (Å²) in [7, 11) is 0. The van der Waals surface area contributed by atoms with Gasteiger partial charge in [-0.25, -0.2) is 9.59 Å². The highest BCUT2D eigenvalue weighted by molar-refractivity contribution is 5.72. The number of benzene rings is 1. The quantitative estimate of drug-likeness (QED) is 0.906. The molecule has 2 saturated heterocycles. The van der Waals surface area contributed by atoms with Crippen LogP contribution >= 0.6 is 0 Å². The van der Waals surface area contributed by atoms with Crippen LogP contribution in [0.3, 0.4) is 0 Å². The maximum Gasteiger partial charge on any atom is 0.410 e. The molecule has 0 saturated carbocycles. The van der Waals surface area contributed by atoms with E-state index in [0.29, 0.717) is 19.6 Å². The Hall–Kier alpha value is -2.24. The molecule has 2 fully saturated rings. The van der Waals surface area contributed by atoms with Crippen molar-refractivity contribution in [3.63, 3.8) is 0 Å². The number of carbonyl (C=O) groups excluding carboxylic acids is 1. The summed E-state index contributed by atoms with van der Waals surface area (Å²) < 4.78 is 5.25. The number of likely N-dealkylation sites (tertiary alicyclic amines) is 2. The Morgan fingerprint density at radius 1 is 1.24 bits per heavy atom. The summed E-state index contributed by atoms with van der Waals surface area (Å²) in [5.41, 5.74) is 0.562. The smallest absolute Gasteiger partial charge is 0.410 e. The SMILES string of the molecule is O=C(OCc1ccccc1)N1CC2(CCCN2C(=O)O)C1. The first-order chi connectivity index (χ1) is 10.1. The van der Waals surface area contributed by atoms with Crippen molar-refractivity contribution in [1.82, 2.24) is 9.80 Å². The molecule has 3 rings (SSSR count). The van der Waals surface area contributed by atoms with Crippen LogP contribution in [0, 0.1) is 0 Å². The summed E-state index contributed by atoms with van der Waals surface area (Å²) in [5.74, 6) is 0. The van der Waals surface area contributed by atoms with E-state index in [1.54, 1.807) is 4.90 Å². The third-order valence-corrected chi connectivity index (χ3v) is 4.26. The number of rotatable bonds is 2. The lowest BCUT2D eigenvalue weighted by Gasteiger charge is -2.50. The molecule has 0 unspecified atom stereocenters. The molecule has 0 atom stereocenters. The molecule has 2 amide bonds. The standard InChI is InChI=1S/C15H18N2O4/c18-13(19)17-8-4-7-15(17)10-16(11-15)14(20)21-9-12-5-2-1-3-6-12/h1-3,5-6H,4,7-11H2,(H,18,19). The van der Waals surface area contributed by atoms with Gasteiger partial charge in [-0.3, -0.25) is 4.90 Å². The second kappa shape index (κ2) is 5.27. The van der Waals surface area contributed by atoms with Crippen LogP contribution in [-0.2, 0) is 11.3 Å². The summed E-state index contributed by atoms with van der Waals surface area (Å²) in [6.07, 6.45) is 0.410. The number of ether oxygens (including phenoxy) is 1. The first-order valence-electron chi connectivity index (χ1n) is 7.07. The van der Waals surface area contributed by atoms with Crippen LogP contribution in [0.4, 0.5) is 9.59 Å². The van der Waals surface area contributed by atoms with E-state index in [1.807, 2.05) is 30.3 Å². The van der Waals surface area contributed by atoms with Gasteiger partial charge in [-0.15, -0.1) is 0 Å². The van der Waals surface area contributed by atoms with E-state index in [4.69, 9.17) is 4.74 Å². The lowest BCUT2D eigenvalue weighted by Crippen LogP contribution is -2.69. The van der Waals surface area contributed by atoms with Crippen molar-refractivity contribution in [1.29, 1.82) is 0 Å². The fraction of sp³-hybridized carbons (Fsp3) is 0.467. The molecule has 2 aliphatic heterocycles. The highest BCUT2D eigenvalue weighted by Gasteiger charge is 2.54. The summed E-state index contributed by atoms with van der Waals surface area (Å²) in [6, 6.07) is 9.49. The van der Waals surface area contributed by atoms with E-state index in [-0.39, 0.29) is 18.2 Å². The fourth-order valence-electron chi connectivity index (χ4n) is 3.17. The largest absolute Gasteiger partial charge is 0.465 e. The molecule has 0 aromatic heterocycles. The predicted octanol–water partition coefficient (Wildman–Crippen LogP) is 2.15. The first kappa shape index (κ1) is 13.7. The van der Waals surface area contributed by atoms with Crippen molar-refractivity contribution in [2.24, 2.45) is 0 Å². The molecule has 2 heterocycles. The van der Waals surface area contributed by atoms with Gasteiger partial charge in [0.2, 0.25) is 0 Å². The van der Waals surface area contributed by atoms with Crippen LogP contribution in [-0.4, -0.2) is 52.3 Å². The molecule has 112 valence electrons. The molecule has 6 nitrogen and oxygen atoms in total. The Morgan fingerprint density at radius 3 is 2.62 bits per heavy atom. The highest BCUT2D eigenvalue weighted by atomic mass is 16.6. The van der Waals surface area contributed by atoms with Gasteiger partial charge in [0.1, 0.15) is 6.61 Å². The van der Waals surface area contributed by atoms with Crippen LogP contribution in [0.25, 0.3) is 0 Å². The van der Waals surface area contributed by atoms with Crippen molar-refractivity contribution in [3.8, 4) is 0 Å². The Balaban J connectivity index is 1.52. The van der Waals surface area contributed by atoms with Gasteiger partial charge in [0, 0.05) is 19.6 Å². The highest BCUT2D eigenvalue weighted by Crippen LogP contribution is 2.37. The number of hydrogen-bond donors (Lipinski definition) is 1. The molecular formula is C15H18N2O4. The third kappa shape index (κ3) is 2.53. The second-order valence-corrected chi connectivity index (χ2v) is 5.66. The zero-order valence-electron chi connectivity index (χ0n) is 11.7. The number of nitrogens with zero attached hydrogens (tertiary/aromatic N) is 2. The van der Waals surface area contributed by atoms with Crippen molar-refractivity contribution >= 4 is 12.2 Å². The normalized spacial score (nSPS) is 19.4. The van der Waals surface area contributed by atoms with Crippen LogP contribution in [0.15, 0.2) is 30.3 Å². The molecule has 2 aliphatic rings.